The van der Waals surface area contributed by atoms with E-state index in [9.17, 15) is 4.39 Å². The summed E-state index contributed by atoms with van der Waals surface area (Å²) >= 11 is 0. The molecule has 2 aromatic heterocycles. The molecule has 2 atom stereocenters. The van der Waals surface area contributed by atoms with Gasteiger partial charge in [-0.05, 0) is 42.9 Å². The zero-order chi connectivity index (χ0) is 14.9. The summed E-state index contributed by atoms with van der Waals surface area (Å²) in [7, 11) is 1.81. The lowest BCUT2D eigenvalue weighted by Gasteiger charge is -2.58. The van der Waals surface area contributed by atoms with Gasteiger partial charge < -0.3 is 9.88 Å². The van der Waals surface area contributed by atoms with Gasteiger partial charge in [0.2, 0.25) is 0 Å². The molecule has 5 nitrogen and oxygen atoms in total. The fourth-order valence-electron chi connectivity index (χ4n) is 4.75. The second kappa shape index (κ2) is 4.06. The Morgan fingerprint density at radius 3 is 2.95 bits per heavy atom. The van der Waals surface area contributed by atoms with Gasteiger partial charge in [-0.2, -0.15) is 14.4 Å². The number of halogens is 1. The number of nitrogens with one attached hydrogen (secondary N) is 1. The van der Waals surface area contributed by atoms with E-state index < -0.39 is 6.08 Å². The van der Waals surface area contributed by atoms with Crippen molar-refractivity contribution in [1.82, 2.24) is 19.5 Å². The largest absolute Gasteiger partial charge is 0.367 e. The first-order valence-corrected chi connectivity index (χ1v) is 7.92. The number of imidazole rings is 1. The Hall–Kier alpha value is -1.98. The quantitative estimate of drug-likeness (QED) is 0.699. The van der Waals surface area contributed by atoms with Crippen LogP contribution in [-0.4, -0.2) is 26.1 Å². The Bertz CT molecular complexity index is 794. The average molecular weight is 299 g/mol. The summed E-state index contributed by atoms with van der Waals surface area (Å²) in [5.74, 6) is 2.14. The summed E-state index contributed by atoms with van der Waals surface area (Å²) in [6.45, 7) is 0.839. The number of nitrogens with zero attached hydrogens (tertiary/aromatic N) is 4. The number of fused-ring (bicyclic) bond motifs is 2. The molecule has 0 saturated heterocycles. The fourth-order valence-corrected chi connectivity index (χ4v) is 4.75. The SMILES string of the molecule is Cn1cnc2c(NCC34CC=C5C(CC5C3)C4)nc(F)nc21. The molecule has 0 amide bonds. The topological polar surface area (TPSA) is 55.6 Å². The van der Waals surface area contributed by atoms with Crippen LogP contribution in [0.25, 0.3) is 11.2 Å². The van der Waals surface area contributed by atoms with Crippen LogP contribution in [-0.2, 0) is 7.05 Å². The number of rotatable bonds is 3. The lowest BCUT2D eigenvalue weighted by Crippen LogP contribution is -2.49. The molecule has 0 spiro atoms. The van der Waals surface area contributed by atoms with Crippen LogP contribution in [0.2, 0.25) is 0 Å². The van der Waals surface area contributed by atoms with Crippen molar-refractivity contribution < 1.29 is 4.39 Å². The summed E-state index contributed by atoms with van der Waals surface area (Å²) in [4.78, 5) is 12.1. The third kappa shape index (κ3) is 1.61. The Morgan fingerprint density at radius 2 is 2.18 bits per heavy atom. The van der Waals surface area contributed by atoms with Crippen molar-refractivity contribution in [1.29, 1.82) is 0 Å². The van der Waals surface area contributed by atoms with Crippen molar-refractivity contribution in [2.45, 2.75) is 25.7 Å². The first kappa shape index (κ1) is 12.6. The molecule has 4 bridgehead atoms. The molecule has 5 aliphatic carbocycles. The minimum atomic E-state index is -0.701. The van der Waals surface area contributed by atoms with Crippen LogP contribution >= 0.6 is 0 Å². The second-order valence-electron chi connectivity index (χ2n) is 7.17. The Labute approximate surface area is 127 Å². The van der Waals surface area contributed by atoms with Crippen molar-refractivity contribution in [3.8, 4) is 0 Å². The van der Waals surface area contributed by atoms with E-state index in [1.54, 1.807) is 16.5 Å². The zero-order valence-electron chi connectivity index (χ0n) is 12.5. The molecule has 0 aliphatic heterocycles. The minimum Gasteiger partial charge on any atom is -0.367 e. The number of anilines is 1. The van der Waals surface area contributed by atoms with Crippen molar-refractivity contribution in [3.63, 3.8) is 0 Å². The zero-order valence-corrected chi connectivity index (χ0v) is 12.5. The molecule has 22 heavy (non-hydrogen) atoms. The summed E-state index contributed by atoms with van der Waals surface area (Å²) in [6.07, 6.45) is 8.44. The van der Waals surface area contributed by atoms with E-state index in [1.807, 2.05) is 7.05 Å². The maximum atomic E-state index is 13.7. The third-order valence-corrected chi connectivity index (χ3v) is 5.80. The number of hydrogen-bond acceptors (Lipinski definition) is 4. The predicted octanol–water partition coefficient (Wildman–Crippen LogP) is 2.66. The maximum absolute atomic E-state index is 13.7. The van der Waals surface area contributed by atoms with Gasteiger partial charge in [0.05, 0.1) is 6.33 Å². The van der Waals surface area contributed by atoms with E-state index in [0.717, 1.165) is 24.8 Å². The molecule has 2 unspecified atom stereocenters. The van der Waals surface area contributed by atoms with Gasteiger partial charge in [-0.1, -0.05) is 11.6 Å². The molecule has 2 heterocycles. The summed E-state index contributed by atoms with van der Waals surface area (Å²) in [5, 5.41) is 3.37. The first-order chi connectivity index (χ1) is 10.6. The molecule has 5 aliphatic rings. The third-order valence-electron chi connectivity index (χ3n) is 5.80. The number of aryl methyl sites for hydroxylation is 1. The van der Waals surface area contributed by atoms with Crippen LogP contribution in [0, 0.1) is 23.3 Å². The highest BCUT2D eigenvalue weighted by Crippen LogP contribution is 2.62. The number of allylic oxidation sites excluding steroid dienone is 2. The minimum absolute atomic E-state index is 0.317. The van der Waals surface area contributed by atoms with Gasteiger partial charge >= 0.3 is 6.08 Å². The van der Waals surface area contributed by atoms with Gasteiger partial charge in [0, 0.05) is 13.6 Å². The van der Waals surface area contributed by atoms with Gasteiger partial charge in [0.1, 0.15) is 0 Å². The molecule has 1 N–H and O–H groups in total. The highest BCUT2D eigenvalue weighted by molar-refractivity contribution is 5.82. The van der Waals surface area contributed by atoms with Crippen LogP contribution in [0.3, 0.4) is 0 Å². The maximum Gasteiger partial charge on any atom is 0.312 e. The first-order valence-electron chi connectivity index (χ1n) is 7.92. The van der Waals surface area contributed by atoms with E-state index in [0.29, 0.717) is 22.4 Å². The monoisotopic (exact) mass is 299 g/mol. The highest BCUT2D eigenvalue weighted by atomic mass is 19.1. The van der Waals surface area contributed by atoms with Crippen LogP contribution in [0.1, 0.15) is 25.7 Å². The fraction of sp³-hybridized carbons (Fsp3) is 0.562. The van der Waals surface area contributed by atoms with Crippen molar-refractivity contribution in [2.24, 2.45) is 24.3 Å². The average Bonchev–Trinajstić information content (AvgIpc) is 2.87. The molecule has 3 fully saturated rings. The summed E-state index contributed by atoms with van der Waals surface area (Å²) < 4.78 is 15.4. The van der Waals surface area contributed by atoms with Crippen LogP contribution < -0.4 is 5.32 Å². The Kier molecular flexibility index (Phi) is 2.31. The van der Waals surface area contributed by atoms with Crippen LogP contribution in [0.5, 0.6) is 0 Å². The van der Waals surface area contributed by atoms with Crippen LogP contribution in [0.15, 0.2) is 18.0 Å². The molecule has 3 saturated carbocycles. The van der Waals surface area contributed by atoms with Crippen molar-refractivity contribution >= 4 is 17.0 Å². The molecule has 0 aromatic carbocycles. The van der Waals surface area contributed by atoms with Crippen LogP contribution in [0.4, 0.5) is 10.2 Å². The van der Waals surface area contributed by atoms with Gasteiger partial charge in [-0.3, -0.25) is 0 Å². The molecule has 6 heteroatoms. The van der Waals surface area contributed by atoms with E-state index in [1.165, 1.54) is 19.3 Å². The van der Waals surface area contributed by atoms with Crippen molar-refractivity contribution in [2.75, 3.05) is 11.9 Å². The van der Waals surface area contributed by atoms with Gasteiger partial charge in [0.15, 0.2) is 17.0 Å². The smallest absolute Gasteiger partial charge is 0.312 e. The van der Waals surface area contributed by atoms with Gasteiger partial charge in [-0.25, -0.2) is 4.98 Å². The lowest BCUT2D eigenvalue weighted by molar-refractivity contribution is 0.0485. The number of aromatic nitrogens is 4. The van der Waals surface area contributed by atoms with E-state index in [2.05, 4.69) is 26.3 Å². The van der Waals surface area contributed by atoms with E-state index in [-0.39, 0.29) is 0 Å². The van der Waals surface area contributed by atoms with Gasteiger partial charge in [0.25, 0.3) is 0 Å². The Balaban J connectivity index is 1.44. The van der Waals surface area contributed by atoms with Gasteiger partial charge in [-0.15, -0.1) is 0 Å². The lowest BCUT2D eigenvalue weighted by atomic mass is 9.48. The molecular formula is C16H18FN5. The molecule has 2 aromatic rings. The molecular weight excluding hydrogens is 281 g/mol. The molecule has 7 rings (SSSR count). The number of hydrogen-bond donors (Lipinski definition) is 1. The second-order valence-corrected chi connectivity index (χ2v) is 7.17. The van der Waals surface area contributed by atoms with Crippen molar-refractivity contribution in [3.05, 3.63) is 24.1 Å². The Morgan fingerprint density at radius 1 is 1.36 bits per heavy atom. The summed E-state index contributed by atoms with van der Waals surface area (Å²) in [5.41, 5.74) is 3.21. The normalized spacial score (nSPS) is 32.0. The summed E-state index contributed by atoms with van der Waals surface area (Å²) in [6, 6.07) is 0. The highest BCUT2D eigenvalue weighted by Gasteiger charge is 2.52. The standard InChI is InChI=1S/C16H18FN5/c1-22-8-19-12-13(20-15(17)21-14(12)22)18-7-16-3-2-11-9(5-16)4-10(11)6-16/h2,8-10H,3-7H2,1H3,(H,18,20,21). The predicted molar refractivity (Wildman–Crippen MR) is 80.7 cm³/mol. The molecule has 114 valence electrons. The van der Waals surface area contributed by atoms with E-state index >= 15 is 0 Å². The molecule has 0 radical (unpaired) electrons. The van der Waals surface area contributed by atoms with E-state index in [4.69, 9.17) is 0 Å².